The van der Waals surface area contributed by atoms with Crippen LogP contribution in [0.5, 0.6) is 0 Å². The number of carbonyl (C=O) groups is 1. The number of imidazole rings is 1. The molecule has 2 heterocycles. The molecule has 4 heteroatoms. The zero-order valence-corrected chi connectivity index (χ0v) is 13.9. The van der Waals surface area contributed by atoms with Gasteiger partial charge in [-0.25, -0.2) is 4.98 Å². The third-order valence-electron chi connectivity index (χ3n) is 4.27. The summed E-state index contributed by atoms with van der Waals surface area (Å²) in [7, 11) is 0. The van der Waals surface area contributed by atoms with E-state index in [-0.39, 0.29) is 0 Å². The number of nitrogens with zero attached hydrogens (tertiary/aromatic N) is 3. The summed E-state index contributed by atoms with van der Waals surface area (Å²) in [6.07, 6.45) is 6.89. The van der Waals surface area contributed by atoms with Crippen LogP contribution in [0.25, 0.3) is 0 Å². The van der Waals surface area contributed by atoms with Gasteiger partial charge in [-0.2, -0.15) is 0 Å². The van der Waals surface area contributed by atoms with Crippen LogP contribution in [0.4, 0.5) is 0 Å². The molecule has 0 N–H and O–H groups in total. The van der Waals surface area contributed by atoms with Gasteiger partial charge >= 0.3 is 0 Å². The Bertz CT molecular complexity index is 456. The number of rotatable bonds is 5. The van der Waals surface area contributed by atoms with Crippen molar-refractivity contribution in [2.24, 2.45) is 11.8 Å². The van der Waals surface area contributed by atoms with Gasteiger partial charge in [0.25, 0.3) is 0 Å². The molecule has 1 aliphatic heterocycles. The molecule has 1 aromatic rings. The van der Waals surface area contributed by atoms with Crippen molar-refractivity contribution in [3.05, 3.63) is 18.2 Å². The van der Waals surface area contributed by atoms with Crippen molar-refractivity contribution < 1.29 is 4.79 Å². The van der Waals surface area contributed by atoms with E-state index >= 15 is 0 Å². The predicted molar refractivity (Wildman–Crippen MR) is 85.1 cm³/mol. The van der Waals surface area contributed by atoms with Gasteiger partial charge < -0.3 is 9.47 Å². The minimum Gasteiger partial charge on any atom is -0.343 e. The molecule has 0 aromatic carbocycles. The van der Waals surface area contributed by atoms with Gasteiger partial charge in [-0.05, 0) is 24.7 Å². The average Bonchev–Trinajstić information content (AvgIpc) is 2.87. The lowest BCUT2D eigenvalue weighted by Gasteiger charge is -2.33. The first-order chi connectivity index (χ1) is 9.97. The highest BCUT2D eigenvalue weighted by molar-refractivity contribution is 5.76. The molecule has 21 heavy (non-hydrogen) atoms. The SMILES string of the molecule is CC(C)CC(=O)N1CCC(Cn2ccnc2C(C)C)CC1. The van der Waals surface area contributed by atoms with Gasteiger partial charge in [0.2, 0.25) is 5.91 Å². The first-order valence-electron chi connectivity index (χ1n) is 8.26. The van der Waals surface area contributed by atoms with Crippen molar-refractivity contribution in [2.75, 3.05) is 13.1 Å². The van der Waals surface area contributed by atoms with Crippen LogP contribution in [-0.2, 0) is 11.3 Å². The van der Waals surface area contributed by atoms with Crippen molar-refractivity contribution in [3.8, 4) is 0 Å². The highest BCUT2D eigenvalue weighted by Crippen LogP contribution is 2.22. The Kier molecular flexibility index (Phi) is 5.43. The van der Waals surface area contributed by atoms with Crippen LogP contribution < -0.4 is 0 Å². The predicted octanol–water partition coefficient (Wildman–Crippen LogP) is 3.29. The second kappa shape index (κ2) is 7.10. The zero-order chi connectivity index (χ0) is 15.4. The highest BCUT2D eigenvalue weighted by atomic mass is 16.2. The Morgan fingerprint density at radius 1 is 1.29 bits per heavy atom. The maximum absolute atomic E-state index is 12.1. The van der Waals surface area contributed by atoms with E-state index in [0.29, 0.717) is 30.1 Å². The second-order valence-electron chi connectivity index (χ2n) is 7.01. The number of carbonyl (C=O) groups excluding carboxylic acids is 1. The first-order valence-corrected chi connectivity index (χ1v) is 8.26. The molecular formula is C17H29N3O. The summed E-state index contributed by atoms with van der Waals surface area (Å²) in [6.45, 7) is 11.5. The van der Waals surface area contributed by atoms with Crippen molar-refractivity contribution in [2.45, 2.75) is 59.4 Å². The molecule has 1 aliphatic rings. The number of amides is 1. The molecule has 1 amide bonds. The van der Waals surface area contributed by atoms with Gasteiger partial charge in [0.1, 0.15) is 5.82 Å². The zero-order valence-electron chi connectivity index (χ0n) is 13.9. The van der Waals surface area contributed by atoms with Gasteiger partial charge in [0.15, 0.2) is 0 Å². The molecular weight excluding hydrogens is 262 g/mol. The molecule has 1 fully saturated rings. The maximum atomic E-state index is 12.1. The summed E-state index contributed by atoms with van der Waals surface area (Å²) in [5.41, 5.74) is 0. The van der Waals surface area contributed by atoms with Crippen LogP contribution in [0.15, 0.2) is 12.4 Å². The minimum atomic E-state index is 0.328. The number of aromatic nitrogens is 2. The fourth-order valence-electron chi connectivity index (χ4n) is 3.10. The molecule has 118 valence electrons. The molecule has 0 radical (unpaired) electrons. The van der Waals surface area contributed by atoms with Crippen LogP contribution in [0, 0.1) is 11.8 Å². The van der Waals surface area contributed by atoms with Crippen molar-refractivity contribution in [3.63, 3.8) is 0 Å². The van der Waals surface area contributed by atoms with Crippen LogP contribution >= 0.6 is 0 Å². The molecule has 0 saturated carbocycles. The third-order valence-corrected chi connectivity index (χ3v) is 4.27. The molecule has 1 aromatic heterocycles. The van der Waals surface area contributed by atoms with E-state index in [1.807, 2.05) is 11.1 Å². The van der Waals surface area contributed by atoms with Crippen molar-refractivity contribution >= 4 is 5.91 Å². The maximum Gasteiger partial charge on any atom is 0.222 e. The first kappa shape index (κ1) is 16.1. The van der Waals surface area contributed by atoms with Crippen LogP contribution in [-0.4, -0.2) is 33.4 Å². The standard InChI is InChI=1S/C17H29N3O/c1-13(2)11-16(21)19-8-5-15(6-9-19)12-20-10-7-18-17(20)14(3)4/h7,10,13-15H,5-6,8-9,11-12H2,1-4H3. The molecule has 0 bridgehead atoms. The van der Waals surface area contributed by atoms with Crippen molar-refractivity contribution in [1.82, 2.24) is 14.5 Å². The lowest BCUT2D eigenvalue weighted by atomic mass is 9.95. The summed E-state index contributed by atoms with van der Waals surface area (Å²) in [4.78, 5) is 18.6. The summed E-state index contributed by atoms with van der Waals surface area (Å²) < 4.78 is 2.29. The van der Waals surface area contributed by atoms with Gasteiger partial charge in [-0.1, -0.05) is 27.7 Å². The average molecular weight is 291 g/mol. The smallest absolute Gasteiger partial charge is 0.222 e. The normalized spacial score (nSPS) is 17.0. The van der Waals surface area contributed by atoms with Gasteiger partial charge in [0, 0.05) is 44.4 Å². The van der Waals surface area contributed by atoms with E-state index in [2.05, 4.69) is 43.4 Å². The summed E-state index contributed by atoms with van der Waals surface area (Å²) in [6, 6.07) is 0. The largest absolute Gasteiger partial charge is 0.343 e. The lowest BCUT2D eigenvalue weighted by Crippen LogP contribution is -2.39. The molecule has 2 rings (SSSR count). The second-order valence-corrected chi connectivity index (χ2v) is 7.01. The summed E-state index contributed by atoms with van der Waals surface area (Å²) in [5.74, 6) is 3.09. The Morgan fingerprint density at radius 2 is 1.95 bits per heavy atom. The fraction of sp³-hybridized carbons (Fsp3) is 0.765. The fourth-order valence-corrected chi connectivity index (χ4v) is 3.10. The Morgan fingerprint density at radius 3 is 2.52 bits per heavy atom. The molecule has 0 spiro atoms. The lowest BCUT2D eigenvalue weighted by molar-refractivity contribution is -0.133. The topological polar surface area (TPSA) is 38.1 Å². The van der Waals surface area contributed by atoms with E-state index < -0.39 is 0 Å². The van der Waals surface area contributed by atoms with E-state index in [1.54, 1.807) is 0 Å². The molecule has 4 nitrogen and oxygen atoms in total. The highest BCUT2D eigenvalue weighted by Gasteiger charge is 2.24. The third kappa shape index (κ3) is 4.32. The molecule has 1 saturated heterocycles. The quantitative estimate of drug-likeness (QED) is 0.835. The number of piperidine rings is 1. The monoisotopic (exact) mass is 291 g/mol. The summed E-state index contributed by atoms with van der Waals surface area (Å²) >= 11 is 0. The Labute approximate surface area is 128 Å². The van der Waals surface area contributed by atoms with E-state index in [9.17, 15) is 4.79 Å². The molecule has 0 unspecified atom stereocenters. The van der Waals surface area contributed by atoms with Gasteiger partial charge in [-0.3, -0.25) is 4.79 Å². The summed E-state index contributed by atoms with van der Waals surface area (Å²) in [5, 5.41) is 0. The molecule has 0 aliphatic carbocycles. The Hall–Kier alpha value is -1.32. The van der Waals surface area contributed by atoms with Gasteiger partial charge in [0.05, 0.1) is 0 Å². The number of hydrogen-bond donors (Lipinski definition) is 0. The van der Waals surface area contributed by atoms with Crippen LogP contribution in [0.2, 0.25) is 0 Å². The number of hydrogen-bond acceptors (Lipinski definition) is 2. The number of likely N-dealkylation sites (tertiary alicyclic amines) is 1. The molecule has 0 atom stereocenters. The Balaban J connectivity index is 1.84. The van der Waals surface area contributed by atoms with E-state index in [4.69, 9.17) is 0 Å². The minimum absolute atomic E-state index is 0.328. The van der Waals surface area contributed by atoms with Crippen LogP contribution in [0.1, 0.15) is 58.7 Å². The van der Waals surface area contributed by atoms with E-state index in [1.165, 1.54) is 5.82 Å². The van der Waals surface area contributed by atoms with Gasteiger partial charge in [-0.15, -0.1) is 0 Å². The van der Waals surface area contributed by atoms with Crippen LogP contribution in [0.3, 0.4) is 0 Å². The van der Waals surface area contributed by atoms with Crippen molar-refractivity contribution in [1.29, 1.82) is 0 Å². The van der Waals surface area contributed by atoms with E-state index in [0.717, 1.165) is 32.5 Å².